The third-order valence-electron chi connectivity index (χ3n) is 6.12. The molecule has 1 aliphatic heterocycles. The molecule has 1 saturated heterocycles. The zero-order chi connectivity index (χ0) is 19.0. The van der Waals surface area contributed by atoms with E-state index in [1.165, 1.54) is 22.3 Å². The minimum Gasteiger partial charge on any atom is -0.489 e. The van der Waals surface area contributed by atoms with Crippen molar-refractivity contribution in [3.8, 4) is 5.75 Å². The summed E-state index contributed by atoms with van der Waals surface area (Å²) in [5, 5.41) is 0. The van der Waals surface area contributed by atoms with E-state index >= 15 is 0 Å². The molecule has 2 atom stereocenters. The Hall–Kier alpha value is -2.55. The first-order valence-electron chi connectivity index (χ1n) is 9.58. The molecule has 140 valence electrons. The molecule has 3 heteroatoms. The fraction of sp³-hybridized carbons (Fsp3) is 0.375. The average molecular weight is 362 g/mol. The van der Waals surface area contributed by atoms with Gasteiger partial charge in [-0.05, 0) is 67.5 Å². The van der Waals surface area contributed by atoms with E-state index in [0.717, 1.165) is 24.2 Å². The first-order valence-corrected chi connectivity index (χ1v) is 9.58. The van der Waals surface area contributed by atoms with Gasteiger partial charge in [0.2, 0.25) is 0 Å². The van der Waals surface area contributed by atoms with Crippen LogP contribution in [-0.4, -0.2) is 12.6 Å². The number of hydrogen-bond acceptors (Lipinski definition) is 3. The quantitative estimate of drug-likeness (QED) is 0.559. The second-order valence-corrected chi connectivity index (χ2v) is 8.11. The lowest BCUT2D eigenvalue weighted by atomic mass is 9.75. The number of fused-ring (bicyclic) bond motifs is 1. The standard InChI is InChI=1S/C24H26O3/c1-16-10-21-15-27-23(25)24(21,12-16)13-19-6-8-22(9-7-19)26-14-20-5-4-17(2)18(3)11-20/h4-9,11,21H,1,10,12-15H2,2-3H3. The SMILES string of the molecule is C=C1CC2COC(=O)C2(Cc2ccc(OCc3ccc(C)c(C)c3)cc2)C1. The van der Waals surface area contributed by atoms with E-state index < -0.39 is 5.41 Å². The van der Waals surface area contributed by atoms with Crippen molar-refractivity contribution in [3.63, 3.8) is 0 Å². The largest absolute Gasteiger partial charge is 0.489 e. The number of rotatable bonds is 5. The highest BCUT2D eigenvalue weighted by Gasteiger charge is 2.55. The monoisotopic (exact) mass is 362 g/mol. The molecule has 3 nitrogen and oxygen atoms in total. The van der Waals surface area contributed by atoms with Gasteiger partial charge in [0.25, 0.3) is 0 Å². The van der Waals surface area contributed by atoms with Gasteiger partial charge in [-0.2, -0.15) is 0 Å². The summed E-state index contributed by atoms with van der Waals surface area (Å²) in [4.78, 5) is 12.4. The van der Waals surface area contributed by atoms with Gasteiger partial charge in [-0.1, -0.05) is 42.5 Å². The number of aryl methyl sites for hydroxylation is 2. The number of allylic oxidation sites excluding steroid dienone is 1. The molecular formula is C24H26O3. The lowest BCUT2D eigenvalue weighted by molar-refractivity contribution is -0.146. The maximum atomic E-state index is 12.4. The highest BCUT2D eigenvalue weighted by Crippen LogP contribution is 2.52. The molecule has 0 radical (unpaired) electrons. The molecule has 0 N–H and O–H groups in total. The van der Waals surface area contributed by atoms with E-state index in [-0.39, 0.29) is 11.9 Å². The maximum Gasteiger partial charge on any atom is 0.313 e. The van der Waals surface area contributed by atoms with E-state index in [9.17, 15) is 4.79 Å². The third-order valence-corrected chi connectivity index (χ3v) is 6.12. The van der Waals surface area contributed by atoms with E-state index in [1.54, 1.807) is 0 Å². The Morgan fingerprint density at radius 2 is 1.85 bits per heavy atom. The van der Waals surface area contributed by atoms with Crippen molar-refractivity contribution in [2.75, 3.05) is 6.61 Å². The number of carbonyl (C=O) groups excluding carboxylic acids is 1. The van der Waals surface area contributed by atoms with Crippen molar-refractivity contribution in [1.82, 2.24) is 0 Å². The first kappa shape index (κ1) is 17.8. The molecule has 27 heavy (non-hydrogen) atoms. The fourth-order valence-corrected chi connectivity index (χ4v) is 4.39. The van der Waals surface area contributed by atoms with Crippen LogP contribution >= 0.6 is 0 Å². The number of carbonyl (C=O) groups is 1. The van der Waals surface area contributed by atoms with Crippen LogP contribution in [0.25, 0.3) is 0 Å². The summed E-state index contributed by atoms with van der Waals surface area (Å²) in [7, 11) is 0. The van der Waals surface area contributed by atoms with Crippen LogP contribution in [0.2, 0.25) is 0 Å². The summed E-state index contributed by atoms with van der Waals surface area (Å²) in [6.07, 6.45) is 2.37. The van der Waals surface area contributed by atoms with Crippen molar-refractivity contribution in [2.45, 2.75) is 39.7 Å². The summed E-state index contributed by atoms with van der Waals surface area (Å²) in [5.74, 6) is 1.07. The molecule has 0 spiro atoms. The van der Waals surface area contributed by atoms with Crippen molar-refractivity contribution >= 4 is 5.97 Å². The van der Waals surface area contributed by atoms with Crippen LogP contribution in [0.15, 0.2) is 54.6 Å². The van der Waals surface area contributed by atoms with Gasteiger partial charge in [0.15, 0.2) is 0 Å². The van der Waals surface area contributed by atoms with Gasteiger partial charge in [-0.15, -0.1) is 0 Å². The van der Waals surface area contributed by atoms with Crippen LogP contribution in [0, 0.1) is 25.2 Å². The molecule has 1 aliphatic carbocycles. The van der Waals surface area contributed by atoms with Crippen LogP contribution in [0.1, 0.15) is 35.1 Å². The second kappa shape index (κ2) is 6.88. The molecule has 0 bridgehead atoms. The second-order valence-electron chi connectivity index (χ2n) is 8.11. The molecule has 0 aromatic heterocycles. The highest BCUT2D eigenvalue weighted by atomic mass is 16.5. The summed E-state index contributed by atoms with van der Waals surface area (Å²) in [5.41, 5.74) is 5.65. The lowest BCUT2D eigenvalue weighted by Gasteiger charge is -2.24. The lowest BCUT2D eigenvalue weighted by Crippen LogP contribution is -2.31. The Labute approximate surface area is 161 Å². The predicted molar refractivity (Wildman–Crippen MR) is 106 cm³/mol. The Kier molecular flexibility index (Phi) is 4.55. The smallest absolute Gasteiger partial charge is 0.313 e. The van der Waals surface area contributed by atoms with Gasteiger partial charge in [0.05, 0.1) is 12.0 Å². The van der Waals surface area contributed by atoms with Gasteiger partial charge >= 0.3 is 5.97 Å². The summed E-state index contributed by atoms with van der Waals surface area (Å²) >= 11 is 0. The summed E-state index contributed by atoms with van der Waals surface area (Å²) in [6.45, 7) is 9.43. The Morgan fingerprint density at radius 3 is 2.59 bits per heavy atom. The van der Waals surface area contributed by atoms with Gasteiger partial charge < -0.3 is 9.47 Å². The first-order chi connectivity index (χ1) is 13.0. The maximum absolute atomic E-state index is 12.4. The molecule has 1 heterocycles. The van der Waals surface area contributed by atoms with Crippen molar-refractivity contribution < 1.29 is 14.3 Å². The van der Waals surface area contributed by atoms with E-state index in [0.29, 0.717) is 19.6 Å². The Bertz CT molecular complexity index is 881. The Balaban J connectivity index is 1.42. The van der Waals surface area contributed by atoms with Crippen molar-refractivity contribution in [3.05, 3.63) is 76.9 Å². The molecule has 0 amide bonds. The van der Waals surface area contributed by atoms with Gasteiger partial charge in [-0.3, -0.25) is 4.79 Å². The molecule has 2 aromatic carbocycles. The number of hydrogen-bond donors (Lipinski definition) is 0. The molecular weight excluding hydrogens is 336 g/mol. The topological polar surface area (TPSA) is 35.5 Å². The molecule has 2 fully saturated rings. The van der Waals surface area contributed by atoms with E-state index in [2.05, 4.69) is 50.8 Å². The zero-order valence-electron chi connectivity index (χ0n) is 16.1. The summed E-state index contributed by atoms with van der Waals surface area (Å²) < 4.78 is 11.3. The third kappa shape index (κ3) is 3.39. The van der Waals surface area contributed by atoms with Crippen LogP contribution < -0.4 is 4.74 Å². The van der Waals surface area contributed by atoms with E-state index in [1.807, 2.05) is 12.1 Å². The van der Waals surface area contributed by atoms with Gasteiger partial charge in [0, 0.05) is 5.92 Å². The fourth-order valence-electron chi connectivity index (χ4n) is 4.39. The zero-order valence-corrected chi connectivity index (χ0v) is 16.1. The average Bonchev–Trinajstić information content (AvgIpc) is 3.12. The van der Waals surface area contributed by atoms with Gasteiger partial charge in [0.1, 0.15) is 12.4 Å². The van der Waals surface area contributed by atoms with Crippen LogP contribution in [0.4, 0.5) is 0 Å². The molecule has 2 aliphatic rings. The molecule has 1 saturated carbocycles. The predicted octanol–water partition coefficient (Wildman–Crippen LogP) is 4.93. The number of benzene rings is 2. The Morgan fingerprint density at radius 1 is 1.11 bits per heavy atom. The molecule has 2 aromatic rings. The van der Waals surface area contributed by atoms with Crippen LogP contribution in [0.3, 0.4) is 0 Å². The molecule has 4 rings (SSSR count). The minimum absolute atomic E-state index is 0.0544. The normalized spacial score (nSPS) is 24.0. The van der Waals surface area contributed by atoms with Crippen molar-refractivity contribution in [2.24, 2.45) is 11.3 Å². The van der Waals surface area contributed by atoms with Gasteiger partial charge in [-0.25, -0.2) is 0 Å². The van der Waals surface area contributed by atoms with Crippen LogP contribution in [-0.2, 0) is 22.6 Å². The highest BCUT2D eigenvalue weighted by molar-refractivity contribution is 5.81. The number of ether oxygens (including phenoxy) is 2. The van der Waals surface area contributed by atoms with E-state index in [4.69, 9.17) is 9.47 Å². The number of cyclic esters (lactones) is 1. The van der Waals surface area contributed by atoms with Crippen LogP contribution in [0.5, 0.6) is 5.75 Å². The summed E-state index contributed by atoms with van der Waals surface area (Å²) in [6, 6.07) is 14.5. The van der Waals surface area contributed by atoms with Crippen molar-refractivity contribution in [1.29, 1.82) is 0 Å². The minimum atomic E-state index is -0.404. The number of esters is 1. The molecule has 2 unspecified atom stereocenters.